The Hall–Kier alpha value is -2.31. The number of nitrogens with two attached hydrogens (primary N) is 1. The number of rotatable bonds is 5. The van der Waals surface area contributed by atoms with Gasteiger partial charge in [0.2, 0.25) is 5.91 Å². The van der Waals surface area contributed by atoms with Crippen molar-refractivity contribution in [3.63, 3.8) is 0 Å². The molecule has 2 atom stereocenters. The number of nitrogens with zero attached hydrogens (tertiary/aromatic N) is 4. The third-order valence-electron chi connectivity index (χ3n) is 3.46. The zero-order valence-electron chi connectivity index (χ0n) is 12.7. The molecule has 24 heavy (non-hydrogen) atoms. The largest absolute Gasteiger partial charge is 0.382 e. The highest BCUT2D eigenvalue weighted by Crippen LogP contribution is 2.31. The van der Waals surface area contributed by atoms with E-state index in [4.69, 9.17) is 14.7 Å². The molecule has 3 heterocycles. The molecule has 2 aromatic heterocycles. The van der Waals surface area contributed by atoms with Gasteiger partial charge in [-0.15, -0.1) is 0 Å². The third kappa shape index (κ3) is 3.44. The maximum absolute atomic E-state index is 11.5. The first-order valence-electron chi connectivity index (χ1n) is 7.12. The molecule has 0 unspecified atom stereocenters. The van der Waals surface area contributed by atoms with Crippen molar-refractivity contribution in [1.82, 2.24) is 24.2 Å². The number of hydrogen-bond donors (Lipinski definition) is 2. The summed E-state index contributed by atoms with van der Waals surface area (Å²) in [6.07, 6.45) is 3.31. The highest BCUT2D eigenvalue weighted by Gasteiger charge is 2.29. The van der Waals surface area contributed by atoms with Gasteiger partial charge in [-0.3, -0.25) is 13.5 Å². The molecule has 0 aromatic carbocycles. The van der Waals surface area contributed by atoms with Crippen molar-refractivity contribution in [3.8, 4) is 0 Å². The van der Waals surface area contributed by atoms with Gasteiger partial charge in [0.05, 0.1) is 19.0 Å². The number of anilines is 1. The molecular formula is C12H16N6O5S. The number of imidazole rings is 1. The standard InChI is InChI=1S/C12H16N6O5S/c1-7(19)17-24(20,21)22-4-8-2-3-9(23-8)18-6-16-10-11(13)14-5-15-12(10)18/h5-6,8-9H,2-4H2,1H3,(H,17,19)(H2,13,14,15)/t8-,9+/m0/s1. The number of amides is 1. The molecule has 0 bridgehead atoms. The van der Waals surface area contributed by atoms with E-state index in [-0.39, 0.29) is 18.7 Å². The molecule has 130 valence electrons. The van der Waals surface area contributed by atoms with Crippen LogP contribution in [-0.2, 0) is 24.0 Å². The summed E-state index contributed by atoms with van der Waals surface area (Å²) in [5.74, 6) is -0.444. The summed E-state index contributed by atoms with van der Waals surface area (Å²) < 4.78 is 36.9. The lowest BCUT2D eigenvalue weighted by molar-refractivity contribution is -0.117. The van der Waals surface area contributed by atoms with Crippen molar-refractivity contribution in [1.29, 1.82) is 0 Å². The van der Waals surface area contributed by atoms with Gasteiger partial charge in [-0.2, -0.15) is 8.42 Å². The van der Waals surface area contributed by atoms with Crippen LogP contribution in [0.3, 0.4) is 0 Å². The van der Waals surface area contributed by atoms with Crippen LogP contribution in [0.4, 0.5) is 5.82 Å². The van der Waals surface area contributed by atoms with Crippen molar-refractivity contribution < 1.29 is 22.1 Å². The molecule has 1 aliphatic rings. The zero-order chi connectivity index (χ0) is 17.3. The molecule has 11 nitrogen and oxygen atoms in total. The predicted molar refractivity (Wildman–Crippen MR) is 81.6 cm³/mol. The van der Waals surface area contributed by atoms with Gasteiger partial charge in [-0.1, -0.05) is 0 Å². The van der Waals surface area contributed by atoms with Crippen LogP contribution in [0.15, 0.2) is 12.7 Å². The molecule has 0 saturated carbocycles. The van der Waals surface area contributed by atoms with Crippen LogP contribution in [0.5, 0.6) is 0 Å². The van der Waals surface area contributed by atoms with Crippen LogP contribution >= 0.6 is 0 Å². The Morgan fingerprint density at radius 3 is 3.00 bits per heavy atom. The lowest BCUT2D eigenvalue weighted by atomic mass is 10.2. The molecule has 0 radical (unpaired) electrons. The van der Waals surface area contributed by atoms with Crippen LogP contribution in [0.25, 0.3) is 11.2 Å². The second kappa shape index (κ2) is 6.30. The lowest BCUT2D eigenvalue weighted by Gasteiger charge is -2.15. The van der Waals surface area contributed by atoms with E-state index in [0.29, 0.717) is 24.0 Å². The molecule has 0 spiro atoms. The lowest BCUT2D eigenvalue weighted by Crippen LogP contribution is -2.32. The first kappa shape index (κ1) is 16.5. The number of ether oxygens (including phenoxy) is 1. The zero-order valence-corrected chi connectivity index (χ0v) is 13.6. The molecule has 3 N–H and O–H groups in total. The number of nitrogens with one attached hydrogen (secondary N) is 1. The van der Waals surface area contributed by atoms with Crippen molar-refractivity contribution in [3.05, 3.63) is 12.7 Å². The van der Waals surface area contributed by atoms with Gasteiger partial charge in [0.15, 0.2) is 11.5 Å². The SMILES string of the molecule is CC(=O)NS(=O)(=O)OC[C@@H]1CC[C@H](n2cnc3c(N)ncnc32)O1. The van der Waals surface area contributed by atoms with Crippen LogP contribution in [-0.4, -0.2) is 46.6 Å². The maximum Gasteiger partial charge on any atom is 0.362 e. The number of carbonyl (C=O) groups excluding carboxylic acids is 1. The van der Waals surface area contributed by atoms with E-state index in [1.165, 1.54) is 6.33 Å². The summed E-state index contributed by atoms with van der Waals surface area (Å²) in [5.41, 5.74) is 6.76. The van der Waals surface area contributed by atoms with Crippen LogP contribution < -0.4 is 10.5 Å². The molecule has 12 heteroatoms. The fourth-order valence-electron chi connectivity index (χ4n) is 2.47. The van der Waals surface area contributed by atoms with Gasteiger partial charge >= 0.3 is 10.3 Å². The van der Waals surface area contributed by atoms with Crippen LogP contribution in [0.1, 0.15) is 26.0 Å². The second-order valence-electron chi connectivity index (χ2n) is 5.27. The number of fused-ring (bicyclic) bond motifs is 1. The van der Waals surface area contributed by atoms with Crippen LogP contribution in [0.2, 0.25) is 0 Å². The highest BCUT2D eigenvalue weighted by atomic mass is 32.2. The Kier molecular flexibility index (Phi) is 4.34. The molecule has 1 saturated heterocycles. The van der Waals surface area contributed by atoms with E-state index < -0.39 is 22.3 Å². The summed E-state index contributed by atoms with van der Waals surface area (Å²) in [7, 11) is -4.12. The minimum atomic E-state index is -4.12. The van der Waals surface area contributed by atoms with Gasteiger partial charge in [-0.05, 0) is 12.8 Å². The van der Waals surface area contributed by atoms with Crippen molar-refractivity contribution in [2.24, 2.45) is 0 Å². The Bertz CT molecular complexity index is 866. The van der Waals surface area contributed by atoms with Crippen LogP contribution in [0, 0.1) is 0 Å². The topological polar surface area (TPSA) is 151 Å². The van der Waals surface area contributed by atoms with E-state index in [1.807, 2.05) is 0 Å². The maximum atomic E-state index is 11.5. The third-order valence-corrected chi connectivity index (χ3v) is 4.44. The Labute approximate surface area is 137 Å². The van der Waals surface area contributed by atoms with E-state index in [9.17, 15) is 13.2 Å². The summed E-state index contributed by atoms with van der Waals surface area (Å²) in [5, 5.41) is 0. The molecule has 1 aliphatic heterocycles. The molecule has 3 rings (SSSR count). The van der Waals surface area contributed by atoms with Crippen molar-refractivity contribution >= 4 is 33.2 Å². The normalized spacial score (nSPS) is 21.2. The highest BCUT2D eigenvalue weighted by molar-refractivity contribution is 7.85. The molecule has 0 aliphatic carbocycles. The van der Waals surface area contributed by atoms with Crippen molar-refractivity contribution in [2.75, 3.05) is 12.3 Å². The summed E-state index contributed by atoms with van der Waals surface area (Å²) >= 11 is 0. The van der Waals surface area contributed by atoms with E-state index in [2.05, 4.69) is 15.0 Å². The second-order valence-corrected chi connectivity index (χ2v) is 6.62. The van der Waals surface area contributed by atoms with E-state index >= 15 is 0 Å². The minimum Gasteiger partial charge on any atom is -0.382 e. The number of hydrogen-bond acceptors (Lipinski definition) is 9. The van der Waals surface area contributed by atoms with Crippen molar-refractivity contribution in [2.45, 2.75) is 32.1 Å². The molecular weight excluding hydrogens is 340 g/mol. The van der Waals surface area contributed by atoms with Gasteiger partial charge in [0, 0.05) is 6.92 Å². The van der Waals surface area contributed by atoms with E-state index in [0.717, 1.165) is 6.92 Å². The average molecular weight is 356 g/mol. The number of carbonyl (C=O) groups is 1. The van der Waals surface area contributed by atoms with Gasteiger partial charge < -0.3 is 10.5 Å². The first-order valence-corrected chi connectivity index (χ1v) is 8.53. The Morgan fingerprint density at radius 2 is 2.25 bits per heavy atom. The fourth-order valence-corrected chi connectivity index (χ4v) is 3.21. The molecule has 1 amide bonds. The smallest absolute Gasteiger partial charge is 0.362 e. The molecule has 1 fully saturated rings. The summed E-state index contributed by atoms with van der Waals surface area (Å²) in [4.78, 5) is 23.0. The number of aromatic nitrogens is 4. The quantitative estimate of drug-likeness (QED) is 0.721. The summed E-state index contributed by atoms with van der Waals surface area (Å²) in [6.45, 7) is 0.892. The minimum absolute atomic E-state index is 0.192. The van der Waals surface area contributed by atoms with Gasteiger partial charge in [0.25, 0.3) is 0 Å². The Balaban J connectivity index is 1.65. The monoisotopic (exact) mass is 356 g/mol. The van der Waals surface area contributed by atoms with Gasteiger partial charge in [-0.25, -0.2) is 19.7 Å². The fraction of sp³-hybridized carbons (Fsp3) is 0.500. The van der Waals surface area contributed by atoms with E-state index in [1.54, 1.807) is 15.6 Å². The van der Waals surface area contributed by atoms with Gasteiger partial charge in [0.1, 0.15) is 18.1 Å². The number of nitrogen functional groups attached to an aromatic ring is 1. The molecule has 2 aromatic rings. The average Bonchev–Trinajstić information content (AvgIpc) is 3.10. The summed E-state index contributed by atoms with van der Waals surface area (Å²) in [6, 6.07) is 0. The predicted octanol–water partition coefficient (Wildman–Crippen LogP) is -0.516. The Morgan fingerprint density at radius 1 is 1.46 bits per heavy atom. The first-order chi connectivity index (χ1) is 11.4.